The number of hydrogen-bond donors (Lipinski definition) is 0. The van der Waals surface area contributed by atoms with Crippen molar-refractivity contribution in [3.8, 4) is 44.5 Å². The Labute approximate surface area is 286 Å². The van der Waals surface area contributed by atoms with Crippen LogP contribution in [-0.2, 0) is 5.41 Å². The largest absolute Gasteiger partial charge is 0.0622 e. The van der Waals surface area contributed by atoms with Crippen LogP contribution in [0.1, 0.15) is 25.0 Å². The van der Waals surface area contributed by atoms with Crippen molar-refractivity contribution in [2.75, 3.05) is 0 Å². The second kappa shape index (κ2) is 10.5. The number of benzene rings is 9. The summed E-state index contributed by atoms with van der Waals surface area (Å²) in [6.45, 7) is 4.78. The Hall–Kier alpha value is -5.98. The molecule has 1 aliphatic rings. The van der Waals surface area contributed by atoms with Crippen LogP contribution in [-0.4, -0.2) is 0 Å². The molecular weight excluding hydrogens is 589 g/mol. The minimum Gasteiger partial charge on any atom is -0.0622 e. The van der Waals surface area contributed by atoms with Gasteiger partial charge in [-0.05, 0) is 105 Å². The van der Waals surface area contributed by atoms with E-state index in [0.29, 0.717) is 0 Å². The van der Waals surface area contributed by atoms with Gasteiger partial charge in [0, 0.05) is 5.41 Å². The quantitative estimate of drug-likeness (QED) is 0.172. The molecule has 0 amide bonds. The average Bonchev–Trinajstić information content (AvgIpc) is 3.39. The SMILES string of the molecule is CC1(C)c2ccccc2-c2c1cc(-c1c3ccccc3c(-c3ccc4ccccc4c3-c3ccccc3)c3ccccc13)c1ccccc21. The van der Waals surface area contributed by atoms with Crippen molar-refractivity contribution in [2.24, 2.45) is 0 Å². The Balaban J connectivity index is 1.36. The molecule has 1 aliphatic carbocycles. The summed E-state index contributed by atoms with van der Waals surface area (Å²) in [5.74, 6) is 0. The van der Waals surface area contributed by atoms with Gasteiger partial charge in [-0.15, -0.1) is 0 Å². The Morgan fingerprint density at radius 3 is 1.45 bits per heavy atom. The molecule has 9 aromatic carbocycles. The van der Waals surface area contributed by atoms with E-state index in [0.717, 1.165) is 0 Å². The maximum absolute atomic E-state index is 2.52. The predicted octanol–water partition coefficient (Wildman–Crippen LogP) is 13.6. The van der Waals surface area contributed by atoms with Gasteiger partial charge in [0.1, 0.15) is 0 Å². The van der Waals surface area contributed by atoms with Gasteiger partial charge in [-0.3, -0.25) is 0 Å². The summed E-state index contributed by atoms with van der Waals surface area (Å²) < 4.78 is 0. The maximum Gasteiger partial charge on any atom is 0.0159 e. The number of fused-ring (bicyclic) bond motifs is 8. The molecule has 0 nitrogen and oxygen atoms in total. The summed E-state index contributed by atoms with van der Waals surface area (Å²) in [7, 11) is 0. The van der Waals surface area contributed by atoms with Gasteiger partial charge in [-0.2, -0.15) is 0 Å². The third kappa shape index (κ3) is 3.98. The lowest BCUT2D eigenvalue weighted by atomic mass is 9.78. The zero-order valence-corrected chi connectivity index (χ0v) is 27.7. The van der Waals surface area contributed by atoms with Crippen molar-refractivity contribution in [3.63, 3.8) is 0 Å². The maximum atomic E-state index is 2.52. The Morgan fingerprint density at radius 2 is 0.796 bits per heavy atom. The smallest absolute Gasteiger partial charge is 0.0159 e. The Bertz CT molecular complexity index is 2720. The highest BCUT2D eigenvalue weighted by molar-refractivity contribution is 6.26. The van der Waals surface area contributed by atoms with Gasteiger partial charge in [0.15, 0.2) is 0 Å². The summed E-state index contributed by atoms with van der Waals surface area (Å²) in [4.78, 5) is 0. The van der Waals surface area contributed by atoms with Crippen molar-refractivity contribution in [2.45, 2.75) is 19.3 Å². The van der Waals surface area contributed by atoms with Crippen LogP contribution in [0.5, 0.6) is 0 Å². The third-order valence-electron chi connectivity index (χ3n) is 11.0. The number of hydrogen-bond acceptors (Lipinski definition) is 0. The van der Waals surface area contributed by atoms with E-state index in [1.54, 1.807) is 0 Å². The third-order valence-corrected chi connectivity index (χ3v) is 11.0. The summed E-state index contributed by atoms with van der Waals surface area (Å²) >= 11 is 0. The van der Waals surface area contributed by atoms with E-state index in [2.05, 4.69) is 184 Å². The van der Waals surface area contributed by atoms with Crippen LogP contribution in [0.4, 0.5) is 0 Å². The van der Waals surface area contributed by atoms with E-state index in [4.69, 9.17) is 0 Å². The number of rotatable bonds is 3. The van der Waals surface area contributed by atoms with Gasteiger partial charge in [-0.25, -0.2) is 0 Å². The summed E-state index contributed by atoms with van der Waals surface area (Å²) in [6, 6.07) is 63.1. The van der Waals surface area contributed by atoms with Crippen LogP contribution in [0.15, 0.2) is 170 Å². The fraction of sp³-hybridized carbons (Fsp3) is 0.0612. The molecule has 0 spiro atoms. The summed E-state index contributed by atoms with van der Waals surface area (Å²) in [5, 5.41) is 10.3. The van der Waals surface area contributed by atoms with Gasteiger partial charge in [0.25, 0.3) is 0 Å². The van der Waals surface area contributed by atoms with E-state index in [1.807, 2.05) is 0 Å². The average molecular weight is 623 g/mol. The van der Waals surface area contributed by atoms with Gasteiger partial charge >= 0.3 is 0 Å². The molecule has 0 N–H and O–H groups in total. The molecule has 0 bridgehead atoms. The normalized spacial score (nSPS) is 13.3. The molecule has 0 aliphatic heterocycles. The van der Waals surface area contributed by atoms with Gasteiger partial charge in [0.05, 0.1) is 0 Å². The topological polar surface area (TPSA) is 0 Å². The van der Waals surface area contributed by atoms with Gasteiger partial charge in [-0.1, -0.05) is 178 Å². The standard InChI is InChI=1S/C49H34/c1-49(2)43-27-15-14-26-40(43)48-35-21-9-8-20-34(35)42(30-44(48)49)47-38-24-12-10-22-36(38)46(37-23-11-13-25-39(37)47)41-29-28-31-16-6-7-19-33(31)45(41)32-17-4-3-5-18-32/h3-30H,1-2H3. The molecule has 10 rings (SSSR count). The highest BCUT2D eigenvalue weighted by Gasteiger charge is 2.37. The van der Waals surface area contributed by atoms with Crippen LogP contribution >= 0.6 is 0 Å². The zero-order valence-electron chi connectivity index (χ0n) is 27.7. The fourth-order valence-corrected chi connectivity index (χ4v) is 8.86. The van der Waals surface area contributed by atoms with Crippen LogP contribution in [0.25, 0.3) is 87.6 Å². The molecule has 0 unspecified atom stereocenters. The molecular formula is C49H34. The summed E-state index contributed by atoms with van der Waals surface area (Å²) in [5.41, 5.74) is 13.1. The molecule has 0 aromatic heterocycles. The van der Waals surface area contributed by atoms with Crippen LogP contribution in [0.3, 0.4) is 0 Å². The first-order chi connectivity index (χ1) is 24.1. The Morgan fingerprint density at radius 1 is 0.306 bits per heavy atom. The molecule has 49 heavy (non-hydrogen) atoms. The van der Waals surface area contributed by atoms with E-state index in [1.165, 1.54) is 98.7 Å². The fourth-order valence-electron chi connectivity index (χ4n) is 8.86. The van der Waals surface area contributed by atoms with Crippen molar-refractivity contribution in [1.82, 2.24) is 0 Å². The lowest BCUT2D eigenvalue weighted by molar-refractivity contribution is 0.661. The van der Waals surface area contributed by atoms with E-state index in [-0.39, 0.29) is 5.41 Å². The van der Waals surface area contributed by atoms with Gasteiger partial charge in [0.2, 0.25) is 0 Å². The molecule has 0 heteroatoms. The molecule has 0 saturated heterocycles. The van der Waals surface area contributed by atoms with Gasteiger partial charge < -0.3 is 0 Å². The molecule has 0 atom stereocenters. The monoisotopic (exact) mass is 622 g/mol. The Kier molecular flexibility index (Phi) is 6.02. The zero-order chi connectivity index (χ0) is 32.7. The van der Waals surface area contributed by atoms with Crippen LogP contribution in [0, 0.1) is 0 Å². The van der Waals surface area contributed by atoms with E-state index < -0.39 is 0 Å². The minimum absolute atomic E-state index is 0.105. The second-order valence-electron chi connectivity index (χ2n) is 14.0. The molecule has 0 radical (unpaired) electrons. The molecule has 230 valence electrons. The van der Waals surface area contributed by atoms with E-state index in [9.17, 15) is 0 Å². The van der Waals surface area contributed by atoms with Crippen molar-refractivity contribution in [3.05, 3.63) is 181 Å². The molecule has 0 saturated carbocycles. The first-order valence-electron chi connectivity index (χ1n) is 17.3. The van der Waals surface area contributed by atoms with Crippen molar-refractivity contribution >= 4 is 43.1 Å². The lowest BCUT2D eigenvalue weighted by Crippen LogP contribution is -2.15. The molecule has 0 heterocycles. The predicted molar refractivity (Wildman–Crippen MR) is 210 cm³/mol. The van der Waals surface area contributed by atoms with E-state index >= 15 is 0 Å². The van der Waals surface area contributed by atoms with Crippen LogP contribution < -0.4 is 0 Å². The molecule has 0 fully saturated rings. The van der Waals surface area contributed by atoms with Crippen molar-refractivity contribution in [1.29, 1.82) is 0 Å². The molecule has 9 aromatic rings. The van der Waals surface area contributed by atoms with Crippen molar-refractivity contribution < 1.29 is 0 Å². The minimum atomic E-state index is -0.105. The highest BCUT2D eigenvalue weighted by atomic mass is 14.4. The lowest BCUT2D eigenvalue weighted by Gasteiger charge is -2.25. The first kappa shape index (κ1) is 28.1. The first-order valence-corrected chi connectivity index (χ1v) is 17.3. The highest BCUT2D eigenvalue weighted by Crippen LogP contribution is 2.55. The summed E-state index contributed by atoms with van der Waals surface area (Å²) in [6.07, 6.45) is 0. The van der Waals surface area contributed by atoms with Crippen LogP contribution in [0.2, 0.25) is 0 Å². The second-order valence-corrected chi connectivity index (χ2v) is 14.0.